The van der Waals surface area contributed by atoms with Gasteiger partial charge in [-0.3, -0.25) is 4.99 Å². The molecule has 1 spiro atoms. The van der Waals surface area contributed by atoms with Gasteiger partial charge in [0, 0.05) is 12.3 Å². The van der Waals surface area contributed by atoms with Gasteiger partial charge < -0.3 is 20.1 Å². The summed E-state index contributed by atoms with van der Waals surface area (Å²) in [6, 6.07) is 8.02. The zero-order valence-electron chi connectivity index (χ0n) is 12.7. The molecule has 0 aromatic heterocycles. The lowest BCUT2D eigenvalue weighted by Gasteiger charge is -2.44. The minimum absolute atomic E-state index is 0.0302. The molecule has 2 N–H and O–H groups in total. The Labute approximate surface area is 125 Å². The fourth-order valence-electron chi connectivity index (χ4n) is 3.36. The number of guanidine groups is 1. The summed E-state index contributed by atoms with van der Waals surface area (Å²) in [4.78, 5) is 6.71. The number of nitrogens with zero attached hydrogens (tertiary/aromatic N) is 2. The van der Waals surface area contributed by atoms with E-state index in [0.717, 1.165) is 43.9 Å². The van der Waals surface area contributed by atoms with E-state index >= 15 is 0 Å². The lowest BCUT2D eigenvalue weighted by atomic mass is 9.84. The zero-order valence-corrected chi connectivity index (χ0v) is 12.7. The van der Waals surface area contributed by atoms with Crippen LogP contribution >= 0.6 is 0 Å². The molecule has 2 aliphatic heterocycles. The standard InChI is InChI=1S/C16H23N3O2/c1-3-13-10-16(8-9-21-13)11-18-15(17)19(16)12-4-6-14(20-2)7-5-12/h4-7,13H,3,8-11H2,1-2H3,(H2,17,18). The Balaban J connectivity index is 1.91. The fraction of sp³-hybridized carbons (Fsp3) is 0.562. The van der Waals surface area contributed by atoms with Gasteiger partial charge >= 0.3 is 0 Å². The van der Waals surface area contributed by atoms with Crippen LogP contribution in [0.3, 0.4) is 0 Å². The number of nitrogens with two attached hydrogens (primary N) is 1. The third-order valence-corrected chi connectivity index (χ3v) is 4.55. The lowest BCUT2D eigenvalue weighted by Crippen LogP contribution is -2.56. The van der Waals surface area contributed by atoms with Crippen molar-refractivity contribution in [3.8, 4) is 5.75 Å². The highest BCUT2D eigenvalue weighted by Gasteiger charge is 2.46. The van der Waals surface area contributed by atoms with Crippen molar-refractivity contribution in [1.29, 1.82) is 0 Å². The van der Waals surface area contributed by atoms with Gasteiger partial charge in [0.2, 0.25) is 0 Å². The molecule has 0 aliphatic carbocycles. The van der Waals surface area contributed by atoms with Gasteiger partial charge in [-0.05, 0) is 43.5 Å². The first-order valence-corrected chi connectivity index (χ1v) is 7.54. The summed E-state index contributed by atoms with van der Waals surface area (Å²) in [7, 11) is 1.67. The largest absolute Gasteiger partial charge is 0.497 e. The van der Waals surface area contributed by atoms with Gasteiger partial charge in [0.1, 0.15) is 5.75 Å². The molecule has 21 heavy (non-hydrogen) atoms. The molecule has 0 radical (unpaired) electrons. The van der Waals surface area contributed by atoms with E-state index in [9.17, 15) is 0 Å². The van der Waals surface area contributed by atoms with E-state index in [1.807, 2.05) is 24.3 Å². The second kappa shape index (κ2) is 5.56. The van der Waals surface area contributed by atoms with E-state index in [1.54, 1.807) is 7.11 Å². The van der Waals surface area contributed by atoms with Crippen LogP contribution in [0.5, 0.6) is 5.75 Å². The van der Waals surface area contributed by atoms with Crippen LogP contribution in [0.25, 0.3) is 0 Å². The van der Waals surface area contributed by atoms with Crippen molar-refractivity contribution >= 4 is 11.6 Å². The molecule has 5 nitrogen and oxygen atoms in total. The average Bonchev–Trinajstić information content (AvgIpc) is 2.83. The quantitative estimate of drug-likeness (QED) is 0.926. The van der Waals surface area contributed by atoms with E-state index in [2.05, 4.69) is 16.8 Å². The van der Waals surface area contributed by atoms with Crippen LogP contribution in [0.4, 0.5) is 5.69 Å². The van der Waals surface area contributed by atoms with Crippen molar-refractivity contribution in [2.75, 3.05) is 25.2 Å². The molecule has 1 aromatic carbocycles. The maximum Gasteiger partial charge on any atom is 0.196 e. The first-order valence-electron chi connectivity index (χ1n) is 7.54. The molecule has 2 aliphatic rings. The van der Waals surface area contributed by atoms with Crippen molar-refractivity contribution in [3.05, 3.63) is 24.3 Å². The summed E-state index contributed by atoms with van der Waals surface area (Å²) in [6.45, 7) is 3.69. The molecule has 0 saturated carbocycles. The van der Waals surface area contributed by atoms with E-state index in [4.69, 9.17) is 15.2 Å². The minimum atomic E-state index is -0.0302. The normalized spacial score (nSPS) is 28.8. The Bertz CT molecular complexity index is 529. The average molecular weight is 289 g/mol. The predicted molar refractivity (Wildman–Crippen MR) is 84.0 cm³/mol. The van der Waals surface area contributed by atoms with Gasteiger partial charge in [-0.25, -0.2) is 0 Å². The Kier molecular flexibility index (Phi) is 3.76. The number of hydrogen-bond acceptors (Lipinski definition) is 5. The molecule has 3 rings (SSSR count). The van der Waals surface area contributed by atoms with E-state index in [-0.39, 0.29) is 5.54 Å². The number of aliphatic imine (C=N–C) groups is 1. The number of hydrogen-bond donors (Lipinski definition) is 1. The Morgan fingerprint density at radius 3 is 2.86 bits per heavy atom. The molecular formula is C16H23N3O2. The molecule has 1 saturated heterocycles. The summed E-state index contributed by atoms with van der Waals surface area (Å²) in [6.07, 6.45) is 3.25. The number of benzene rings is 1. The van der Waals surface area contributed by atoms with Crippen LogP contribution in [0.2, 0.25) is 0 Å². The van der Waals surface area contributed by atoms with Crippen molar-refractivity contribution in [1.82, 2.24) is 0 Å². The first-order chi connectivity index (χ1) is 10.2. The highest BCUT2D eigenvalue weighted by Crippen LogP contribution is 2.39. The molecule has 2 unspecified atom stereocenters. The van der Waals surface area contributed by atoms with Crippen LogP contribution in [0.1, 0.15) is 26.2 Å². The van der Waals surface area contributed by atoms with E-state index in [0.29, 0.717) is 12.1 Å². The van der Waals surface area contributed by atoms with Gasteiger partial charge in [-0.2, -0.15) is 0 Å². The van der Waals surface area contributed by atoms with Crippen molar-refractivity contribution in [2.45, 2.75) is 37.8 Å². The molecule has 2 heterocycles. The van der Waals surface area contributed by atoms with E-state index < -0.39 is 0 Å². The van der Waals surface area contributed by atoms with Crippen LogP contribution in [0, 0.1) is 0 Å². The number of methoxy groups -OCH3 is 1. The Morgan fingerprint density at radius 1 is 1.43 bits per heavy atom. The van der Waals surface area contributed by atoms with Crippen LogP contribution in [-0.4, -0.2) is 37.9 Å². The summed E-state index contributed by atoms with van der Waals surface area (Å²) in [5.74, 6) is 1.46. The van der Waals surface area contributed by atoms with Crippen molar-refractivity contribution in [2.24, 2.45) is 10.7 Å². The summed E-state index contributed by atoms with van der Waals surface area (Å²) >= 11 is 0. The molecule has 0 bridgehead atoms. The van der Waals surface area contributed by atoms with Crippen LogP contribution in [0.15, 0.2) is 29.3 Å². The lowest BCUT2D eigenvalue weighted by molar-refractivity contribution is -0.0151. The summed E-state index contributed by atoms with van der Waals surface area (Å²) in [5.41, 5.74) is 7.22. The van der Waals surface area contributed by atoms with Crippen molar-refractivity contribution in [3.63, 3.8) is 0 Å². The first kappa shape index (κ1) is 14.2. The smallest absolute Gasteiger partial charge is 0.196 e. The third-order valence-electron chi connectivity index (χ3n) is 4.55. The number of rotatable bonds is 3. The minimum Gasteiger partial charge on any atom is -0.497 e. The molecular weight excluding hydrogens is 266 g/mol. The topological polar surface area (TPSA) is 60.1 Å². The molecule has 0 amide bonds. The SMILES string of the molecule is CCC1CC2(CCO1)CN=C(N)N2c1ccc(OC)cc1. The van der Waals surface area contributed by atoms with Gasteiger partial charge in [-0.1, -0.05) is 6.92 Å². The van der Waals surface area contributed by atoms with E-state index in [1.165, 1.54) is 0 Å². The monoisotopic (exact) mass is 289 g/mol. The highest BCUT2D eigenvalue weighted by atomic mass is 16.5. The number of anilines is 1. The third kappa shape index (κ3) is 2.46. The summed E-state index contributed by atoms with van der Waals surface area (Å²) < 4.78 is 11.1. The van der Waals surface area contributed by atoms with Crippen LogP contribution < -0.4 is 15.4 Å². The summed E-state index contributed by atoms with van der Waals surface area (Å²) in [5, 5.41) is 0. The van der Waals surface area contributed by atoms with Gasteiger partial charge in [0.15, 0.2) is 5.96 Å². The van der Waals surface area contributed by atoms with Gasteiger partial charge in [-0.15, -0.1) is 0 Å². The zero-order chi connectivity index (χ0) is 14.9. The van der Waals surface area contributed by atoms with Gasteiger partial charge in [0.05, 0.1) is 25.3 Å². The van der Waals surface area contributed by atoms with Crippen LogP contribution in [-0.2, 0) is 4.74 Å². The second-order valence-electron chi connectivity index (χ2n) is 5.79. The number of ether oxygens (including phenoxy) is 2. The molecule has 5 heteroatoms. The maximum atomic E-state index is 6.18. The maximum absolute atomic E-state index is 6.18. The highest BCUT2D eigenvalue weighted by molar-refractivity contribution is 5.98. The molecule has 114 valence electrons. The van der Waals surface area contributed by atoms with Gasteiger partial charge in [0.25, 0.3) is 0 Å². The molecule has 2 atom stereocenters. The van der Waals surface area contributed by atoms with Crippen molar-refractivity contribution < 1.29 is 9.47 Å². The Hall–Kier alpha value is -1.75. The fourth-order valence-corrected chi connectivity index (χ4v) is 3.36. The molecule has 1 aromatic rings. The second-order valence-corrected chi connectivity index (χ2v) is 5.79. The Morgan fingerprint density at radius 2 is 2.19 bits per heavy atom. The molecule has 1 fully saturated rings. The predicted octanol–water partition coefficient (Wildman–Crippen LogP) is 2.16.